The summed E-state index contributed by atoms with van der Waals surface area (Å²) in [5, 5.41) is 14.7. The fourth-order valence-corrected chi connectivity index (χ4v) is 4.33. The Kier molecular flexibility index (Phi) is 5.70. The van der Waals surface area contributed by atoms with Crippen LogP contribution in [0.25, 0.3) is 0 Å². The van der Waals surface area contributed by atoms with E-state index in [1.54, 1.807) is 23.2 Å². The highest BCUT2D eigenvalue weighted by atomic mass is 16.3. The molecule has 0 spiro atoms. The maximum atomic E-state index is 12.9. The fourth-order valence-electron chi connectivity index (χ4n) is 4.33. The molecule has 30 heavy (non-hydrogen) atoms. The number of aliphatic hydroxyl groups is 1. The van der Waals surface area contributed by atoms with Crippen molar-refractivity contribution in [3.05, 3.63) is 83.6 Å². The molecule has 2 unspecified atom stereocenters. The van der Waals surface area contributed by atoms with E-state index in [2.05, 4.69) is 29.3 Å². The van der Waals surface area contributed by atoms with Crippen LogP contribution < -0.4 is 0 Å². The van der Waals surface area contributed by atoms with Crippen LogP contribution in [0.15, 0.2) is 72.4 Å². The van der Waals surface area contributed by atoms with E-state index in [1.807, 2.05) is 43.3 Å². The van der Waals surface area contributed by atoms with Gasteiger partial charge in [0.2, 0.25) is 0 Å². The van der Waals surface area contributed by atoms with Gasteiger partial charge in [0.05, 0.1) is 12.7 Å². The van der Waals surface area contributed by atoms with E-state index in [4.69, 9.17) is 0 Å². The van der Waals surface area contributed by atoms with Gasteiger partial charge in [0.25, 0.3) is 5.91 Å². The molecule has 0 radical (unpaired) electrons. The molecule has 1 fully saturated rings. The van der Waals surface area contributed by atoms with Crippen LogP contribution in [0.3, 0.4) is 0 Å². The van der Waals surface area contributed by atoms with Gasteiger partial charge in [0.1, 0.15) is 6.10 Å². The highest BCUT2D eigenvalue weighted by molar-refractivity contribution is 6.04. The zero-order valence-corrected chi connectivity index (χ0v) is 17.3. The van der Waals surface area contributed by atoms with Crippen LogP contribution in [0, 0.1) is 0 Å². The highest BCUT2D eigenvalue weighted by Crippen LogP contribution is 2.36. The first-order valence-electron chi connectivity index (χ1n) is 10.4. The van der Waals surface area contributed by atoms with Crippen LogP contribution in [-0.2, 0) is 9.59 Å². The van der Waals surface area contributed by atoms with Crippen LogP contribution in [0.4, 0.5) is 0 Å². The van der Waals surface area contributed by atoms with Gasteiger partial charge in [-0.2, -0.15) is 5.01 Å². The van der Waals surface area contributed by atoms with Crippen molar-refractivity contribution in [1.29, 1.82) is 0 Å². The summed E-state index contributed by atoms with van der Waals surface area (Å²) in [4.78, 5) is 27.2. The van der Waals surface area contributed by atoms with Crippen molar-refractivity contribution in [3.8, 4) is 0 Å². The van der Waals surface area contributed by atoms with Crippen molar-refractivity contribution in [2.45, 2.75) is 38.0 Å². The van der Waals surface area contributed by atoms with Crippen molar-refractivity contribution in [2.75, 3.05) is 13.7 Å². The number of carbonyl (C=O) groups excluding carboxylic acids is 2. The largest absolute Gasteiger partial charge is 0.382 e. The number of ketones is 1. The molecule has 6 nitrogen and oxygen atoms in total. The van der Waals surface area contributed by atoms with Crippen LogP contribution in [0.2, 0.25) is 0 Å². The van der Waals surface area contributed by atoms with E-state index in [0.29, 0.717) is 18.7 Å². The van der Waals surface area contributed by atoms with Crippen molar-refractivity contribution in [3.63, 3.8) is 0 Å². The molecule has 0 saturated carbocycles. The van der Waals surface area contributed by atoms with Crippen LogP contribution in [0.5, 0.6) is 0 Å². The number of hydrogen-bond donors (Lipinski definition) is 1. The van der Waals surface area contributed by atoms with Gasteiger partial charge in [0, 0.05) is 18.8 Å². The second-order valence-corrected chi connectivity index (χ2v) is 7.88. The van der Waals surface area contributed by atoms with Crippen molar-refractivity contribution in [1.82, 2.24) is 14.9 Å². The predicted molar refractivity (Wildman–Crippen MR) is 114 cm³/mol. The molecule has 2 atom stereocenters. The van der Waals surface area contributed by atoms with Gasteiger partial charge in [-0.05, 0) is 17.5 Å². The number of Topliss-reactive ketones (excluding diaryl/α,β-unsaturated/α-hetero) is 1. The van der Waals surface area contributed by atoms with E-state index >= 15 is 0 Å². The molecule has 156 valence electrons. The lowest BCUT2D eigenvalue weighted by atomic mass is 9.91. The monoisotopic (exact) mass is 405 g/mol. The summed E-state index contributed by atoms with van der Waals surface area (Å²) in [6, 6.07) is 19.0. The smallest absolute Gasteiger partial charge is 0.250 e. The quantitative estimate of drug-likeness (QED) is 0.829. The second kappa shape index (κ2) is 8.42. The lowest BCUT2D eigenvalue weighted by Crippen LogP contribution is -2.68. The Morgan fingerprint density at radius 1 is 1.00 bits per heavy atom. The number of aliphatic hydroxyl groups excluding tert-OH is 1. The van der Waals surface area contributed by atoms with Gasteiger partial charge < -0.3 is 10.0 Å². The molecule has 1 amide bonds. The summed E-state index contributed by atoms with van der Waals surface area (Å²) >= 11 is 0. The number of fused-ring (bicyclic) bond motifs is 1. The minimum absolute atomic E-state index is 0.176. The molecule has 2 aliphatic heterocycles. The van der Waals surface area contributed by atoms with Crippen LogP contribution in [0.1, 0.15) is 36.9 Å². The molecule has 0 aliphatic carbocycles. The van der Waals surface area contributed by atoms with E-state index in [0.717, 1.165) is 17.5 Å². The van der Waals surface area contributed by atoms with Crippen molar-refractivity contribution in [2.24, 2.45) is 0 Å². The molecule has 1 N–H and O–H groups in total. The molecule has 6 heteroatoms. The maximum Gasteiger partial charge on any atom is 0.250 e. The minimum Gasteiger partial charge on any atom is -0.382 e. The standard InChI is InChI=1S/C24H27N3O3/c1-3-10-19-15-26-21(23(29)22(19)28)24(30)25(2)16-27(26)20(17-11-6-4-7-12-17)18-13-8-5-9-14-18/h4-9,11-15,20-21,23,29H,3,10,16H2,1-2H3. The number of hydrazine groups is 1. The van der Waals surface area contributed by atoms with Gasteiger partial charge in [0.15, 0.2) is 11.8 Å². The minimum atomic E-state index is -1.37. The number of amides is 1. The third kappa shape index (κ3) is 3.53. The Labute approximate surface area is 177 Å². The molecule has 2 aliphatic rings. The molecule has 2 aromatic carbocycles. The molecule has 1 saturated heterocycles. The average molecular weight is 405 g/mol. The average Bonchev–Trinajstić information content (AvgIpc) is 2.77. The van der Waals surface area contributed by atoms with E-state index < -0.39 is 12.1 Å². The fraction of sp³-hybridized carbons (Fsp3) is 0.333. The van der Waals surface area contributed by atoms with E-state index in [1.165, 1.54) is 0 Å². The Bertz CT molecular complexity index is 905. The van der Waals surface area contributed by atoms with Crippen molar-refractivity contribution >= 4 is 11.7 Å². The third-order valence-corrected chi connectivity index (χ3v) is 5.79. The first-order chi connectivity index (χ1) is 14.5. The molecule has 2 aromatic rings. The van der Waals surface area contributed by atoms with Gasteiger partial charge in [-0.25, -0.2) is 0 Å². The summed E-state index contributed by atoms with van der Waals surface area (Å²) < 4.78 is 0. The Balaban J connectivity index is 1.85. The van der Waals surface area contributed by atoms with Gasteiger partial charge in [-0.15, -0.1) is 0 Å². The van der Waals surface area contributed by atoms with E-state index in [9.17, 15) is 14.7 Å². The number of hydrogen-bond acceptors (Lipinski definition) is 5. The summed E-state index contributed by atoms with van der Waals surface area (Å²) in [6.45, 7) is 2.34. The first kappa shape index (κ1) is 20.3. The summed E-state index contributed by atoms with van der Waals surface area (Å²) in [7, 11) is 1.71. The van der Waals surface area contributed by atoms with Crippen molar-refractivity contribution < 1.29 is 14.7 Å². The lowest BCUT2D eigenvalue weighted by Gasteiger charge is -2.52. The highest BCUT2D eigenvalue weighted by Gasteiger charge is 2.49. The zero-order chi connectivity index (χ0) is 21.3. The predicted octanol–water partition coefficient (Wildman–Crippen LogP) is 2.72. The number of benzene rings is 2. The third-order valence-electron chi connectivity index (χ3n) is 5.79. The molecule has 0 bridgehead atoms. The molecule has 2 heterocycles. The summed E-state index contributed by atoms with van der Waals surface area (Å²) in [5.41, 5.74) is 2.70. The Morgan fingerprint density at radius 3 is 2.10 bits per heavy atom. The molecular weight excluding hydrogens is 378 g/mol. The lowest BCUT2D eigenvalue weighted by molar-refractivity contribution is -0.183. The number of rotatable bonds is 5. The molecule has 0 aromatic heterocycles. The van der Waals surface area contributed by atoms with Crippen LogP contribution in [-0.4, -0.2) is 57.6 Å². The van der Waals surface area contributed by atoms with E-state index in [-0.39, 0.29) is 17.7 Å². The van der Waals surface area contributed by atoms with Crippen LogP contribution >= 0.6 is 0 Å². The normalized spacial score (nSPS) is 22.3. The zero-order valence-electron chi connectivity index (χ0n) is 17.3. The molecule has 4 rings (SSSR count). The topological polar surface area (TPSA) is 64.1 Å². The number of likely N-dealkylation sites (N-methyl/N-ethyl adjacent to an activating group) is 1. The van der Waals surface area contributed by atoms with Gasteiger partial charge in [-0.3, -0.25) is 14.6 Å². The SMILES string of the molecule is CCCC1=CN2C(C(=O)N(C)CN2C(c2ccccc2)c2ccccc2)C(O)C1=O. The maximum absolute atomic E-state index is 12.9. The second-order valence-electron chi connectivity index (χ2n) is 7.88. The number of nitrogens with zero attached hydrogens (tertiary/aromatic N) is 3. The van der Waals surface area contributed by atoms with Gasteiger partial charge in [-0.1, -0.05) is 74.0 Å². The summed E-state index contributed by atoms with van der Waals surface area (Å²) in [5.74, 6) is -0.601. The number of carbonyl (C=O) groups is 2. The molecular formula is C24H27N3O3. The summed E-state index contributed by atoms with van der Waals surface area (Å²) in [6.07, 6.45) is 1.75. The Hall–Kier alpha value is -2.96. The first-order valence-corrected chi connectivity index (χ1v) is 10.4. The Morgan fingerprint density at radius 2 is 1.57 bits per heavy atom. The van der Waals surface area contributed by atoms with Gasteiger partial charge >= 0.3 is 0 Å².